The van der Waals surface area contributed by atoms with Gasteiger partial charge in [0.05, 0.1) is 0 Å². The third kappa shape index (κ3) is 6.18. The van der Waals surface area contributed by atoms with Crippen LogP contribution in [-0.4, -0.2) is 38.2 Å². The number of halogens is 1. The summed E-state index contributed by atoms with van der Waals surface area (Å²) < 4.78 is 0. The Labute approximate surface area is 171 Å². The van der Waals surface area contributed by atoms with Gasteiger partial charge in [-0.3, -0.25) is 4.99 Å². The van der Waals surface area contributed by atoms with Gasteiger partial charge in [0.25, 0.3) is 0 Å². The lowest BCUT2D eigenvalue weighted by molar-refractivity contribution is 0.649. The fourth-order valence-electron chi connectivity index (χ4n) is 3.00. The number of guanidine groups is 1. The summed E-state index contributed by atoms with van der Waals surface area (Å²) in [4.78, 5) is 8.56. The molecule has 0 radical (unpaired) electrons. The van der Waals surface area contributed by atoms with Crippen LogP contribution in [0.25, 0.3) is 0 Å². The van der Waals surface area contributed by atoms with Gasteiger partial charge in [-0.1, -0.05) is 24.3 Å². The van der Waals surface area contributed by atoms with E-state index in [-0.39, 0.29) is 24.0 Å². The smallest absolute Gasteiger partial charge is 0.191 e. The molecule has 6 heteroatoms. The number of nitrogens with one attached hydrogen (secondary N) is 2. The van der Waals surface area contributed by atoms with Crippen LogP contribution in [0.3, 0.4) is 0 Å². The summed E-state index contributed by atoms with van der Waals surface area (Å²) in [6, 6.07) is 15.4. The van der Waals surface area contributed by atoms with Gasteiger partial charge >= 0.3 is 0 Å². The third-order valence-corrected chi connectivity index (χ3v) is 5.14. The molecule has 136 valence electrons. The van der Waals surface area contributed by atoms with Crippen molar-refractivity contribution in [1.29, 1.82) is 0 Å². The molecule has 25 heavy (non-hydrogen) atoms. The average molecular weight is 470 g/mol. The highest BCUT2D eigenvalue weighted by Gasteiger charge is 2.23. The summed E-state index contributed by atoms with van der Waals surface area (Å²) in [5.74, 6) is 0.939. The standard InChI is InChI=1S/C19H26N4S.HI/c1-2-20-19(21-12-10-18-9-6-14-24-18)22-16-11-13-23(15-16)17-7-4-3-5-8-17;/h3-9,14,16H,2,10-13,15H2,1H3,(H2,20,21,22);1H. The number of benzene rings is 1. The molecule has 0 saturated carbocycles. The number of thiophene rings is 1. The minimum atomic E-state index is 0. The molecule has 0 spiro atoms. The number of anilines is 1. The van der Waals surface area contributed by atoms with Crippen molar-refractivity contribution in [2.45, 2.75) is 25.8 Å². The van der Waals surface area contributed by atoms with Crippen LogP contribution in [0, 0.1) is 0 Å². The molecule has 2 N–H and O–H groups in total. The van der Waals surface area contributed by atoms with Gasteiger partial charge in [-0.15, -0.1) is 35.3 Å². The number of hydrogen-bond donors (Lipinski definition) is 2. The molecule has 0 bridgehead atoms. The first-order valence-electron chi connectivity index (χ1n) is 8.72. The second-order valence-corrected chi connectivity index (χ2v) is 7.03. The summed E-state index contributed by atoms with van der Waals surface area (Å²) in [5.41, 5.74) is 1.31. The van der Waals surface area contributed by atoms with Crippen molar-refractivity contribution < 1.29 is 0 Å². The first-order valence-corrected chi connectivity index (χ1v) is 9.60. The lowest BCUT2D eigenvalue weighted by Gasteiger charge is -2.20. The van der Waals surface area contributed by atoms with Crippen molar-refractivity contribution in [1.82, 2.24) is 10.6 Å². The van der Waals surface area contributed by atoms with E-state index in [1.807, 2.05) is 0 Å². The highest BCUT2D eigenvalue weighted by Crippen LogP contribution is 2.19. The zero-order chi connectivity index (χ0) is 16.6. The van der Waals surface area contributed by atoms with Crippen LogP contribution in [-0.2, 0) is 6.42 Å². The van der Waals surface area contributed by atoms with E-state index in [9.17, 15) is 0 Å². The average Bonchev–Trinajstić information content (AvgIpc) is 3.28. The van der Waals surface area contributed by atoms with Gasteiger partial charge in [0.2, 0.25) is 0 Å². The highest BCUT2D eigenvalue weighted by molar-refractivity contribution is 14.0. The van der Waals surface area contributed by atoms with Gasteiger partial charge in [-0.2, -0.15) is 0 Å². The molecule has 1 aliphatic rings. The molecule has 0 aliphatic carbocycles. The van der Waals surface area contributed by atoms with Crippen LogP contribution < -0.4 is 15.5 Å². The molecule has 1 saturated heterocycles. The molecule has 1 aromatic heterocycles. The van der Waals surface area contributed by atoms with E-state index in [1.165, 1.54) is 10.6 Å². The minimum Gasteiger partial charge on any atom is -0.369 e. The molecule has 2 aromatic rings. The fourth-order valence-corrected chi connectivity index (χ4v) is 3.70. The maximum absolute atomic E-state index is 4.73. The normalized spacial score (nSPS) is 17.2. The second-order valence-electron chi connectivity index (χ2n) is 6.00. The Morgan fingerprint density at radius 2 is 2.08 bits per heavy atom. The quantitative estimate of drug-likeness (QED) is 0.384. The zero-order valence-electron chi connectivity index (χ0n) is 14.6. The van der Waals surface area contributed by atoms with Crippen LogP contribution >= 0.6 is 35.3 Å². The number of rotatable bonds is 6. The van der Waals surface area contributed by atoms with Gasteiger partial charge < -0.3 is 15.5 Å². The van der Waals surface area contributed by atoms with Crippen LogP contribution in [0.1, 0.15) is 18.2 Å². The van der Waals surface area contributed by atoms with Crippen molar-refractivity contribution in [2.24, 2.45) is 4.99 Å². The molecule has 1 aliphatic heterocycles. The lowest BCUT2D eigenvalue weighted by atomic mass is 10.2. The van der Waals surface area contributed by atoms with Crippen molar-refractivity contribution in [3.63, 3.8) is 0 Å². The van der Waals surface area contributed by atoms with Gasteiger partial charge in [-0.05, 0) is 36.9 Å². The Morgan fingerprint density at radius 3 is 2.80 bits per heavy atom. The summed E-state index contributed by atoms with van der Waals surface area (Å²) in [6.45, 7) is 5.95. The molecule has 3 rings (SSSR count). The summed E-state index contributed by atoms with van der Waals surface area (Å²) in [7, 11) is 0. The topological polar surface area (TPSA) is 39.7 Å². The number of nitrogens with zero attached hydrogens (tertiary/aromatic N) is 2. The molecule has 2 heterocycles. The molecular weight excluding hydrogens is 443 g/mol. The predicted molar refractivity (Wildman–Crippen MR) is 120 cm³/mol. The number of hydrogen-bond acceptors (Lipinski definition) is 3. The molecule has 1 unspecified atom stereocenters. The largest absolute Gasteiger partial charge is 0.369 e. The molecule has 4 nitrogen and oxygen atoms in total. The first kappa shape index (κ1) is 20.0. The van der Waals surface area contributed by atoms with Gasteiger partial charge in [0.1, 0.15) is 0 Å². The third-order valence-electron chi connectivity index (χ3n) is 4.20. The molecule has 1 fully saturated rings. The SMILES string of the molecule is CCNC(=NCCc1cccs1)NC1CCN(c2ccccc2)C1.I. The summed E-state index contributed by atoms with van der Waals surface area (Å²) in [6.07, 6.45) is 2.15. The summed E-state index contributed by atoms with van der Waals surface area (Å²) >= 11 is 1.80. The maximum atomic E-state index is 4.73. The predicted octanol–water partition coefficient (Wildman–Crippen LogP) is 3.74. The minimum absolute atomic E-state index is 0. The Kier molecular flexibility index (Phi) is 8.54. The Hall–Kier alpha value is -1.28. The van der Waals surface area contributed by atoms with Crippen molar-refractivity contribution >= 4 is 47.0 Å². The van der Waals surface area contributed by atoms with Crippen molar-refractivity contribution in [3.05, 3.63) is 52.7 Å². The number of para-hydroxylation sites is 1. The van der Waals surface area contributed by atoms with Crippen LogP contribution in [0.15, 0.2) is 52.8 Å². The summed E-state index contributed by atoms with van der Waals surface area (Å²) in [5, 5.41) is 9.09. The van der Waals surface area contributed by atoms with E-state index >= 15 is 0 Å². The maximum Gasteiger partial charge on any atom is 0.191 e. The van der Waals surface area contributed by atoms with Gasteiger partial charge in [0, 0.05) is 49.2 Å². The second kappa shape index (κ2) is 10.7. The molecule has 1 aromatic carbocycles. The molecular formula is C19H27IN4S. The van der Waals surface area contributed by atoms with Crippen LogP contribution in [0.5, 0.6) is 0 Å². The van der Waals surface area contributed by atoms with E-state index in [1.54, 1.807) is 11.3 Å². The van der Waals surface area contributed by atoms with Crippen LogP contribution in [0.4, 0.5) is 5.69 Å². The monoisotopic (exact) mass is 470 g/mol. The van der Waals surface area contributed by atoms with E-state index < -0.39 is 0 Å². The van der Waals surface area contributed by atoms with E-state index in [2.05, 4.69) is 70.3 Å². The Morgan fingerprint density at radius 1 is 1.24 bits per heavy atom. The Bertz CT molecular complexity index is 630. The first-order chi connectivity index (χ1) is 11.8. The zero-order valence-corrected chi connectivity index (χ0v) is 17.8. The van der Waals surface area contributed by atoms with Crippen LogP contribution in [0.2, 0.25) is 0 Å². The molecule has 0 amide bonds. The van der Waals surface area contributed by atoms with Gasteiger partial charge in [0.15, 0.2) is 5.96 Å². The van der Waals surface area contributed by atoms with E-state index in [0.717, 1.165) is 45.0 Å². The van der Waals surface area contributed by atoms with Gasteiger partial charge in [-0.25, -0.2) is 0 Å². The Balaban J connectivity index is 0.00000225. The number of aliphatic imine (C=N–C) groups is 1. The molecule has 1 atom stereocenters. The fraction of sp³-hybridized carbons (Fsp3) is 0.421. The lowest BCUT2D eigenvalue weighted by Crippen LogP contribution is -2.44. The van der Waals surface area contributed by atoms with E-state index in [4.69, 9.17) is 4.99 Å². The highest BCUT2D eigenvalue weighted by atomic mass is 127. The van der Waals surface area contributed by atoms with Crippen molar-refractivity contribution in [2.75, 3.05) is 31.1 Å². The van der Waals surface area contributed by atoms with E-state index in [0.29, 0.717) is 6.04 Å². The van der Waals surface area contributed by atoms with Crippen molar-refractivity contribution in [3.8, 4) is 0 Å².